The molecule has 0 heterocycles. The molecule has 2 bridgehead atoms. The number of carbonyl (C=O) groups excluding carboxylic acids is 1. The van der Waals surface area contributed by atoms with Crippen molar-refractivity contribution >= 4 is 11.9 Å². The average Bonchev–Trinajstić information content (AvgIpc) is 2.95. The summed E-state index contributed by atoms with van der Waals surface area (Å²) < 4.78 is 0. The van der Waals surface area contributed by atoms with E-state index in [9.17, 15) is 14.7 Å². The predicted octanol–water partition coefficient (Wildman–Crippen LogP) is 1.38. The zero-order valence-electron chi connectivity index (χ0n) is 12.6. The van der Waals surface area contributed by atoms with Crippen LogP contribution in [0.4, 0.5) is 0 Å². The van der Waals surface area contributed by atoms with Crippen LogP contribution in [-0.2, 0) is 9.59 Å². The van der Waals surface area contributed by atoms with Crippen LogP contribution in [0.5, 0.6) is 0 Å². The zero-order valence-corrected chi connectivity index (χ0v) is 12.6. The van der Waals surface area contributed by atoms with Gasteiger partial charge in [0.2, 0.25) is 5.91 Å². The predicted molar refractivity (Wildman–Crippen MR) is 76.3 cm³/mol. The van der Waals surface area contributed by atoms with Crippen LogP contribution in [0, 0.1) is 17.8 Å². The van der Waals surface area contributed by atoms with Crippen molar-refractivity contribution in [2.45, 2.75) is 58.0 Å². The van der Waals surface area contributed by atoms with E-state index in [1.54, 1.807) is 0 Å². The minimum Gasteiger partial charge on any atom is -0.481 e. The van der Waals surface area contributed by atoms with Crippen molar-refractivity contribution in [3.63, 3.8) is 0 Å². The van der Waals surface area contributed by atoms with Gasteiger partial charge in [0.1, 0.15) is 0 Å². The summed E-state index contributed by atoms with van der Waals surface area (Å²) in [6.45, 7) is 6.22. The number of carboxylic acids is 1. The highest BCUT2D eigenvalue weighted by molar-refractivity contribution is 5.79. The molecule has 2 rings (SSSR count). The summed E-state index contributed by atoms with van der Waals surface area (Å²) in [5, 5.41) is 15.5. The molecule has 4 atom stereocenters. The minimum absolute atomic E-state index is 0.0401. The van der Waals surface area contributed by atoms with Crippen LogP contribution in [0.15, 0.2) is 0 Å². The summed E-state index contributed by atoms with van der Waals surface area (Å²) in [5.41, 5.74) is -0.209. The molecule has 114 valence electrons. The van der Waals surface area contributed by atoms with Crippen molar-refractivity contribution in [3.8, 4) is 0 Å². The van der Waals surface area contributed by atoms with Gasteiger partial charge in [0.15, 0.2) is 0 Å². The van der Waals surface area contributed by atoms with Crippen LogP contribution >= 0.6 is 0 Å². The Labute approximate surface area is 120 Å². The summed E-state index contributed by atoms with van der Waals surface area (Å²) in [4.78, 5) is 23.3. The quantitative estimate of drug-likeness (QED) is 0.688. The van der Waals surface area contributed by atoms with Crippen LogP contribution in [0.25, 0.3) is 0 Å². The van der Waals surface area contributed by atoms with Crippen LogP contribution in [0.1, 0.15) is 46.5 Å². The average molecular weight is 282 g/mol. The highest BCUT2D eigenvalue weighted by Crippen LogP contribution is 2.48. The Kier molecular flexibility index (Phi) is 4.37. The van der Waals surface area contributed by atoms with E-state index < -0.39 is 5.97 Å². The molecule has 2 fully saturated rings. The molecule has 0 aromatic carbocycles. The Morgan fingerprint density at radius 1 is 1.25 bits per heavy atom. The highest BCUT2D eigenvalue weighted by Gasteiger charge is 2.50. The summed E-state index contributed by atoms with van der Waals surface area (Å²) >= 11 is 0. The topological polar surface area (TPSA) is 78.4 Å². The smallest absolute Gasteiger partial charge is 0.308 e. The van der Waals surface area contributed by atoms with Gasteiger partial charge < -0.3 is 15.7 Å². The van der Waals surface area contributed by atoms with Crippen molar-refractivity contribution in [2.75, 3.05) is 6.54 Å². The summed E-state index contributed by atoms with van der Waals surface area (Å²) in [6.07, 6.45) is 3.98. The largest absolute Gasteiger partial charge is 0.481 e. The third-order valence-corrected chi connectivity index (χ3v) is 5.06. The number of aliphatic carboxylic acids is 1. The number of fused-ring (bicyclic) bond motifs is 2. The van der Waals surface area contributed by atoms with Crippen molar-refractivity contribution in [2.24, 2.45) is 17.8 Å². The fraction of sp³-hybridized carbons (Fsp3) is 0.867. The monoisotopic (exact) mass is 282 g/mol. The van der Waals surface area contributed by atoms with Crippen molar-refractivity contribution < 1.29 is 14.7 Å². The van der Waals surface area contributed by atoms with Crippen LogP contribution in [0.2, 0.25) is 0 Å². The van der Waals surface area contributed by atoms with Crippen LogP contribution in [0.3, 0.4) is 0 Å². The second-order valence-corrected chi connectivity index (χ2v) is 6.89. The van der Waals surface area contributed by atoms with Gasteiger partial charge in [-0.25, -0.2) is 0 Å². The summed E-state index contributed by atoms with van der Waals surface area (Å²) in [7, 11) is 0. The SMILES string of the molecule is CCC(C)(C)NC(=O)CNC1C2CCC(C2)C1C(=O)O. The lowest BCUT2D eigenvalue weighted by Crippen LogP contribution is -2.51. The van der Waals surface area contributed by atoms with Crippen molar-refractivity contribution in [1.82, 2.24) is 10.6 Å². The van der Waals surface area contributed by atoms with E-state index in [0.717, 1.165) is 25.7 Å². The van der Waals surface area contributed by atoms with Gasteiger partial charge in [-0.1, -0.05) is 6.92 Å². The second-order valence-electron chi connectivity index (χ2n) is 6.89. The minimum atomic E-state index is -0.719. The van der Waals surface area contributed by atoms with Gasteiger partial charge >= 0.3 is 5.97 Å². The van der Waals surface area contributed by atoms with Gasteiger partial charge in [0, 0.05) is 11.6 Å². The molecular formula is C15H26N2O3. The van der Waals surface area contributed by atoms with Gasteiger partial charge in [-0.15, -0.1) is 0 Å². The molecule has 0 spiro atoms. The second kappa shape index (κ2) is 5.72. The standard InChI is InChI=1S/C15H26N2O3/c1-4-15(2,3)17-11(18)8-16-13-10-6-5-9(7-10)12(13)14(19)20/h9-10,12-13,16H,4-8H2,1-3H3,(H,17,18)(H,19,20). The van der Waals surface area contributed by atoms with Gasteiger partial charge in [-0.05, 0) is 51.4 Å². The number of hydrogen-bond acceptors (Lipinski definition) is 3. The maximum Gasteiger partial charge on any atom is 0.308 e. The molecule has 3 N–H and O–H groups in total. The molecule has 0 aromatic heterocycles. The maximum absolute atomic E-state index is 11.9. The number of carbonyl (C=O) groups is 2. The van der Waals surface area contributed by atoms with Crippen molar-refractivity contribution in [1.29, 1.82) is 0 Å². The van der Waals surface area contributed by atoms with Crippen LogP contribution < -0.4 is 10.6 Å². The number of rotatable bonds is 6. The van der Waals surface area contributed by atoms with Gasteiger partial charge in [0.05, 0.1) is 12.5 Å². The Bertz CT molecular complexity index is 395. The Hall–Kier alpha value is -1.10. The molecule has 0 aromatic rings. The molecule has 2 saturated carbocycles. The first kappa shape index (κ1) is 15.3. The van der Waals surface area contributed by atoms with Crippen LogP contribution in [-0.4, -0.2) is 35.1 Å². The van der Waals surface area contributed by atoms with E-state index in [2.05, 4.69) is 10.6 Å². The van der Waals surface area contributed by atoms with E-state index in [0.29, 0.717) is 11.8 Å². The first-order valence-electron chi connectivity index (χ1n) is 7.61. The van der Waals surface area contributed by atoms with E-state index >= 15 is 0 Å². The van der Waals surface area contributed by atoms with E-state index in [1.165, 1.54) is 0 Å². The first-order chi connectivity index (χ1) is 9.34. The molecule has 0 saturated heterocycles. The van der Waals surface area contributed by atoms with E-state index in [-0.39, 0.29) is 30.0 Å². The maximum atomic E-state index is 11.9. The van der Waals surface area contributed by atoms with Gasteiger partial charge in [-0.3, -0.25) is 9.59 Å². The number of amides is 1. The molecular weight excluding hydrogens is 256 g/mol. The lowest BCUT2D eigenvalue weighted by Gasteiger charge is -2.30. The lowest BCUT2D eigenvalue weighted by molar-refractivity contribution is -0.144. The lowest BCUT2D eigenvalue weighted by atomic mass is 9.84. The Morgan fingerprint density at radius 2 is 1.90 bits per heavy atom. The first-order valence-corrected chi connectivity index (χ1v) is 7.61. The number of carboxylic acid groups (broad SMARTS) is 1. The molecule has 1 amide bonds. The molecule has 2 aliphatic rings. The highest BCUT2D eigenvalue weighted by atomic mass is 16.4. The number of hydrogen-bond donors (Lipinski definition) is 3. The number of nitrogens with one attached hydrogen (secondary N) is 2. The molecule has 0 radical (unpaired) electrons. The van der Waals surface area contributed by atoms with Crippen molar-refractivity contribution in [3.05, 3.63) is 0 Å². The summed E-state index contributed by atoms with van der Waals surface area (Å²) in [5.74, 6) is -0.369. The molecule has 20 heavy (non-hydrogen) atoms. The Balaban J connectivity index is 1.87. The fourth-order valence-electron chi connectivity index (χ4n) is 3.66. The summed E-state index contributed by atoms with van der Waals surface area (Å²) in [6, 6.07) is -0.0401. The van der Waals surface area contributed by atoms with Gasteiger partial charge in [-0.2, -0.15) is 0 Å². The Morgan fingerprint density at radius 3 is 2.50 bits per heavy atom. The third kappa shape index (κ3) is 3.14. The molecule has 5 nitrogen and oxygen atoms in total. The normalized spacial score (nSPS) is 32.4. The van der Waals surface area contributed by atoms with E-state index in [1.807, 2.05) is 20.8 Å². The molecule has 0 aliphatic heterocycles. The molecule has 4 unspecified atom stereocenters. The van der Waals surface area contributed by atoms with Gasteiger partial charge in [0.25, 0.3) is 0 Å². The third-order valence-electron chi connectivity index (χ3n) is 5.06. The molecule has 5 heteroatoms. The van der Waals surface area contributed by atoms with E-state index in [4.69, 9.17) is 0 Å². The molecule has 2 aliphatic carbocycles. The zero-order chi connectivity index (χ0) is 14.9. The fourth-order valence-corrected chi connectivity index (χ4v) is 3.66.